The van der Waals surface area contributed by atoms with Crippen LogP contribution in [0.3, 0.4) is 0 Å². The van der Waals surface area contributed by atoms with E-state index in [0.717, 1.165) is 132 Å². The molecule has 0 spiro atoms. The van der Waals surface area contributed by atoms with Crippen LogP contribution >= 0.6 is 11.3 Å². The fourth-order valence-corrected chi connectivity index (χ4v) is 19.4. The van der Waals surface area contributed by atoms with Crippen molar-refractivity contribution in [2.45, 2.75) is 19.3 Å². The van der Waals surface area contributed by atoms with Gasteiger partial charge in [0.1, 0.15) is 11.2 Å². The van der Waals surface area contributed by atoms with Crippen LogP contribution in [0.25, 0.3) is 196 Å². The van der Waals surface area contributed by atoms with E-state index in [0.29, 0.717) is 22.4 Å². The van der Waals surface area contributed by atoms with Gasteiger partial charge in [0, 0.05) is 97.6 Å². The number of hydrogen-bond donors (Lipinski definition) is 4. The van der Waals surface area contributed by atoms with Crippen molar-refractivity contribution in [1.29, 1.82) is 10.8 Å². The number of hydrogen-bond acceptors (Lipinski definition) is 6. The van der Waals surface area contributed by atoms with Crippen molar-refractivity contribution in [3.8, 4) is 56.1 Å². The number of thiophene rings is 1. The molecule has 12 heteroatoms. The van der Waals surface area contributed by atoms with Gasteiger partial charge in [0.05, 0.1) is 49.2 Å². The maximum Gasteiger partial charge on any atom is 0.229 e. The van der Waals surface area contributed by atoms with E-state index in [-0.39, 0.29) is 17.1 Å². The lowest BCUT2D eigenvalue weighted by Crippen LogP contribution is -2.17. The van der Waals surface area contributed by atoms with E-state index >= 15 is 0 Å². The first-order valence-electron chi connectivity index (χ1n) is 37.4. The molecule has 520 valence electrons. The zero-order chi connectivity index (χ0) is 73.5. The topological polar surface area (TPSA) is 153 Å². The number of furan rings is 1. The van der Waals surface area contributed by atoms with Crippen molar-refractivity contribution >= 4 is 163 Å². The number of fused-ring (bicyclic) bond motifs is 25. The molecule has 0 aliphatic heterocycles. The fraction of sp³-hybridized carbons (Fsp3) is 0.0303. The molecule has 0 bridgehead atoms. The maximum absolute atomic E-state index is 9.66. The third-order valence-electron chi connectivity index (χ3n) is 23.2. The molecule has 11 nitrogen and oxygen atoms in total. The SMILES string of the molecule is CC1(C)c2ccccc2-c2cc(-c3n/c(=N/C(=N)c4cccc(-n5c6ccc7ccccc7c6c6c7ccc(-c8ccc9c(c8)oc8cc(-c%10n/c(=N/C(=N)c%11cccc(-n%12c%13ccccc%13c%13c%14ccccc%14c%14c%15ccccc%15sc%14c%13%12)c%11)[nH]c%11ccccc%10%11)ccc89)cc7ccc65)c4)[nH]c4ccccc34)ccc21. The van der Waals surface area contributed by atoms with Gasteiger partial charge in [-0.3, -0.25) is 10.8 Å². The lowest BCUT2D eigenvalue weighted by atomic mass is 9.82. The fourth-order valence-electron chi connectivity index (χ4n) is 18.1. The molecule has 6 aromatic heterocycles. The molecule has 1 aliphatic rings. The second-order valence-electron chi connectivity index (χ2n) is 29.7. The van der Waals surface area contributed by atoms with Crippen LogP contribution in [0.4, 0.5) is 0 Å². The molecule has 0 unspecified atom stereocenters. The zero-order valence-corrected chi connectivity index (χ0v) is 60.8. The Balaban J connectivity index is 0.577. The van der Waals surface area contributed by atoms with Gasteiger partial charge in [-0.05, 0) is 163 Å². The Kier molecular flexibility index (Phi) is 13.4. The highest BCUT2D eigenvalue weighted by atomic mass is 32.1. The number of aromatic amines is 2. The number of rotatable bonds is 7. The quantitative estimate of drug-likeness (QED) is 0.0928. The molecule has 22 aromatic rings. The van der Waals surface area contributed by atoms with Gasteiger partial charge in [-0.1, -0.05) is 232 Å². The maximum atomic E-state index is 9.66. The van der Waals surface area contributed by atoms with Crippen LogP contribution in [0.5, 0.6) is 0 Å². The summed E-state index contributed by atoms with van der Waals surface area (Å²) in [5, 5.41) is 37.5. The van der Waals surface area contributed by atoms with E-state index in [4.69, 9.17) is 24.4 Å². The molecule has 0 saturated heterocycles. The summed E-state index contributed by atoms with van der Waals surface area (Å²) >= 11 is 1.84. The minimum absolute atomic E-state index is 0.0848. The number of H-pyrrole nitrogens is 2. The summed E-state index contributed by atoms with van der Waals surface area (Å²) in [6.45, 7) is 4.60. The van der Waals surface area contributed by atoms with Gasteiger partial charge in [-0.25, -0.2) is 9.97 Å². The number of nitrogens with one attached hydrogen (secondary N) is 4. The lowest BCUT2D eigenvalue weighted by Gasteiger charge is -2.21. The molecule has 23 rings (SSSR count). The summed E-state index contributed by atoms with van der Waals surface area (Å²) in [6.07, 6.45) is 0. The lowest BCUT2D eigenvalue weighted by molar-refractivity contribution is 0.660. The predicted octanol–water partition coefficient (Wildman–Crippen LogP) is 24.5. The molecule has 16 aromatic carbocycles. The highest BCUT2D eigenvalue weighted by Crippen LogP contribution is 2.52. The third-order valence-corrected chi connectivity index (χ3v) is 24.4. The number of aromatic nitrogens is 6. The highest BCUT2D eigenvalue weighted by Gasteiger charge is 2.36. The summed E-state index contributed by atoms with van der Waals surface area (Å²) < 4.78 is 14.1. The summed E-state index contributed by atoms with van der Waals surface area (Å²) in [5.41, 5.74) is 22.0. The number of amidine groups is 2. The van der Waals surface area contributed by atoms with Crippen molar-refractivity contribution in [2.75, 3.05) is 0 Å². The first kappa shape index (κ1) is 62.7. The average molecular weight is 1440 g/mol. The van der Waals surface area contributed by atoms with Crippen LogP contribution in [0.15, 0.2) is 330 Å². The van der Waals surface area contributed by atoms with Crippen molar-refractivity contribution in [1.82, 2.24) is 29.1 Å². The third kappa shape index (κ3) is 9.51. The normalized spacial score (nSPS) is 13.2. The Morgan fingerprint density at radius 3 is 1.57 bits per heavy atom. The van der Waals surface area contributed by atoms with Gasteiger partial charge in [-0.15, -0.1) is 11.3 Å². The molecule has 0 amide bonds. The number of benzene rings is 16. The molecule has 1 aliphatic carbocycles. The summed E-state index contributed by atoms with van der Waals surface area (Å²) in [7, 11) is 0. The zero-order valence-electron chi connectivity index (χ0n) is 60.0. The van der Waals surface area contributed by atoms with E-state index in [1.807, 2.05) is 72.0 Å². The number of para-hydroxylation sites is 3. The van der Waals surface area contributed by atoms with Crippen molar-refractivity contribution < 1.29 is 4.42 Å². The van der Waals surface area contributed by atoms with E-state index in [1.165, 1.54) is 74.7 Å². The minimum atomic E-state index is -0.116. The molecule has 0 radical (unpaired) electrons. The van der Waals surface area contributed by atoms with E-state index in [9.17, 15) is 10.8 Å². The van der Waals surface area contributed by atoms with Gasteiger partial charge in [0.25, 0.3) is 0 Å². The first-order valence-corrected chi connectivity index (χ1v) is 38.2. The van der Waals surface area contributed by atoms with Gasteiger partial charge in [0.2, 0.25) is 11.2 Å². The molecule has 4 N–H and O–H groups in total. The first-order chi connectivity index (χ1) is 54.6. The molecular weight excluding hydrogens is 1380 g/mol. The van der Waals surface area contributed by atoms with E-state index < -0.39 is 0 Å². The summed E-state index contributed by atoms with van der Waals surface area (Å²) in [4.78, 5) is 27.2. The van der Waals surface area contributed by atoms with Gasteiger partial charge in [-0.2, -0.15) is 9.98 Å². The standard InChI is InChI=1S/C99H62N10OS/c1-99(2)77-32-12-7-25-67(77)76-52-59(40-46-78(76)99)91-72-28-8-13-33-79(72)102-97(104-91)106-95(100)61-20-17-22-63(50-61)108-82-47-41-55-19-3-4-24-65(55)89(82)90-66-43-37-56(49-58(66)42-48-83(90)108)57-38-44-68-69-45-39-60(54-85(69)110-84(68)53-57)92-73-29-9-14-34-80(73)103-98(105-92)107-96(101)62-21-18-23-64(51-62)109-81-35-15-10-30-74(81)87-70-26-5-6-27-71(70)88-75-31-11-16-36-86(75)111-94(88)93(87)109/h3-54H,1-2H3,(H2,100,102,104,106)(H2,101,103,105,107). The van der Waals surface area contributed by atoms with Crippen LogP contribution in [0.2, 0.25) is 0 Å². The average Bonchev–Trinajstić information content (AvgIpc) is 1.54. The van der Waals surface area contributed by atoms with Crippen molar-refractivity contribution in [3.63, 3.8) is 0 Å². The molecule has 0 saturated carbocycles. The largest absolute Gasteiger partial charge is 0.456 e. The Hall–Kier alpha value is -14.5. The predicted molar refractivity (Wildman–Crippen MR) is 459 cm³/mol. The molecule has 6 heterocycles. The molecule has 0 fully saturated rings. The van der Waals surface area contributed by atoms with Gasteiger partial charge >= 0.3 is 0 Å². The van der Waals surface area contributed by atoms with Crippen LogP contribution in [0, 0.1) is 10.8 Å². The molecular formula is C99H62N10OS. The second-order valence-corrected chi connectivity index (χ2v) is 30.8. The van der Waals surface area contributed by atoms with E-state index in [1.54, 1.807) is 0 Å². The highest BCUT2D eigenvalue weighted by molar-refractivity contribution is 7.27. The minimum Gasteiger partial charge on any atom is -0.456 e. The Morgan fingerprint density at radius 1 is 0.369 bits per heavy atom. The Morgan fingerprint density at radius 2 is 0.874 bits per heavy atom. The van der Waals surface area contributed by atoms with Crippen molar-refractivity contribution in [3.05, 3.63) is 349 Å². The van der Waals surface area contributed by atoms with Crippen LogP contribution in [-0.4, -0.2) is 40.7 Å². The Labute approximate surface area is 637 Å². The van der Waals surface area contributed by atoms with E-state index in [2.05, 4.69) is 288 Å². The second kappa shape index (κ2) is 23.8. The van der Waals surface area contributed by atoms with Crippen LogP contribution < -0.4 is 11.2 Å². The monoisotopic (exact) mass is 1440 g/mol. The molecule has 111 heavy (non-hydrogen) atoms. The molecule has 0 atom stereocenters. The smallest absolute Gasteiger partial charge is 0.229 e. The van der Waals surface area contributed by atoms with Crippen LogP contribution in [0.1, 0.15) is 36.1 Å². The summed E-state index contributed by atoms with van der Waals surface area (Å²) in [6, 6.07) is 111. The van der Waals surface area contributed by atoms with Crippen LogP contribution in [-0.2, 0) is 5.41 Å². The Bertz CT molecular complexity index is 8080. The summed E-state index contributed by atoms with van der Waals surface area (Å²) in [5.74, 6) is 0.180. The number of nitrogens with zero attached hydrogens (tertiary/aromatic N) is 6. The van der Waals surface area contributed by atoms with Gasteiger partial charge < -0.3 is 23.5 Å². The van der Waals surface area contributed by atoms with Crippen molar-refractivity contribution in [2.24, 2.45) is 9.98 Å². The van der Waals surface area contributed by atoms with Gasteiger partial charge in [0.15, 0.2) is 11.7 Å².